The molecule has 0 aliphatic heterocycles. The Morgan fingerprint density at radius 1 is 1.19 bits per heavy atom. The molecule has 120 valence electrons. The van der Waals surface area contributed by atoms with Crippen molar-refractivity contribution in [3.63, 3.8) is 0 Å². The summed E-state index contributed by atoms with van der Waals surface area (Å²) in [4.78, 5) is 0. The molecule has 0 amide bonds. The Morgan fingerprint density at radius 3 is 2.57 bits per heavy atom. The average Bonchev–Trinajstić information content (AvgIpc) is 2.49. The maximum Gasteiger partial charge on any atom is 0.122 e. The van der Waals surface area contributed by atoms with Gasteiger partial charge in [-0.15, -0.1) is 0 Å². The van der Waals surface area contributed by atoms with Crippen LogP contribution in [0.4, 0.5) is 0 Å². The summed E-state index contributed by atoms with van der Waals surface area (Å²) in [5, 5.41) is 0. The lowest BCUT2D eigenvalue weighted by Crippen LogP contribution is -2.36. The van der Waals surface area contributed by atoms with E-state index < -0.39 is 0 Å². The molecule has 1 atom stereocenters. The van der Waals surface area contributed by atoms with Gasteiger partial charge in [0.1, 0.15) is 5.75 Å². The van der Waals surface area contributed by atoms with Crippen LogP contribution in [0.2, 0.25) is 0 Å². The highest BCUT2D eigenvalue weighted by Crippen LogP contribution is 2.25. The summed E-state index contributed by atoms with van der Waals surface area (Å²) in [6, 6.07) is 6.42. The van der Waals surface area contributed by atoms with Crippen LogP contribution < -0.4 is 16.0 Å². The van der Waals surface area contributed by atoms with Gasteiger partial charge < -0.3 is 4.74 Å². The van der Waals surface area contributed by atoms with Gasteiger partial charge in [-0.1, -0.05) is 61.4 Å². The molecule has 1 aromatic carbocycles. The van der Waals surface area contributed by atoms with Crippen LogP contribution >= 0.6 is 15.9 Å². The van der Waals surface area contributed by atoms with Crippen molar-refractivity contribution in [3.05, 3.63) is 28.2 Å². The molecule has 3 nitrogen and oxygen atoms in total. The summed E-state index contributed by atoms with van der Waals surface area (Å²) in [5.74, 6) is 6.64. The van der Waals surface area contributed by atoms with Crippen LogP contribution in [0.5, 0.6) is 5.75 Å². The van der Waals surface area contributed by atoms with Gasteiger partial charge in [-0.2, -0.15) is 0 Å². The molecule has 0 aliphatic carbocycles. The van der Waals surface area contributed by atoms with Gasteiger partial charge >= 0.3 is 0 Å². The van der Waals surface area contributed by atoms with E-state index in [1.54, 1.807) is 7.11 Å². The molecule has 0 saturated heterocycles. The van der Waals surface area contributed by atoms with Crippen LogP contribution in [-0.2, 0) is 6.42 Å². The predicted molar refractivity (Wildman–Crippen MR) is 93.5 cm³/mol. The Balaban J connectivity index is 2.41. The van der Waals surface area contributed by atoms with E-state index in [1.165, 1.54) is 44.1 Å². The summed E-state index contributed by atoms with van der Waals surface area (Å²) in [5.41, 5.74) is 4.15. The summed E-state index contributed by atoms with van der Waals surface area (Å²) in [7, 11) is 1.71. The van der Waals surface area contributed by atoms with E-state index in [1.807, 2.05) is 12.1 Å². The third-order valence-electron chi connectivity index (χ3n) is 3.85. The number of nitrogens with two attached hydrogens (primary N) is 1. The Bertz CT molecular complexity index is 398. The average molecular weight is 357 g/mol. The molecule has 1 unspecified atom stereocenters. The molecule has 0 saturated carbocycles. The molecular weight excluding hydrogens is 328 g/mol. The number of unbranched alkanes of at least 4 members (excludes halogenated alkanes) is 5. The van der Waals surface area contributed by atoms with Crippen LogP contribution in [0.1, 0.15) is 57.4 Å². The summed E-state index contributed by atoms with van der Waals surface area (Å²) < 4.78 is 6.50. The highest BCUT2D eigenvalue weighted by atomic mass is 79.9. The number of halogens is 1. The van der Waals surface area contributed by atoms with Crippen molar-refractivity contribution in [2.75, 3.05) is 7.11 Å². The third kappa shape index (κ3) is 7.30. The first kappa shape index (κ1) is 18.5. The standard InChI is InChI=1S/C17H29BrN2O/c1-3-4-5-6-7-8-9-16(20-19)13-14-12-15(18)10-11-17(14)21-2/h10-12,16,20H,3-9,13,19H2,1-2H3. The van der Waals surface area contributed by atoms with E-state index in [-0.39, 0.29) is 0 Å². The molecule has 0 bridgehead atoms. The fraction of sp³-hybridized carbons (Fsp3) is 0.647. The quantitative estimate of drug-likeness (QED) is 0.346. The minimum atomic E-state index is 0.305. The maximum absolute atomic E-state index is 5.71. The van der Waals surface area contributed by atoms with E-state index in [4.69, 9.17) is 10.6 Å². The van der Waals surface area contributed by atoms with Crippen LogP contribution in [0, 0.1) is 0 Å². The Hall–Kier alpha value is -0.580. The molecule has 0 heterocycles. The second-order valence-electron chi connectivity index (χ2n) is 5.58. The van der Waals surface area contributed by atoms with E-state index >= 15 is 0 Å². The SMILES string of the molecule is CCCCCCCCC(Cc1cc(Br)ccc1OC)NN. The molecule has 0 spiro atoms. The summed E-state index contributed by atoms with van der Waals surface area (Å²) in [6.07, 6.45) is 9.89. The van der Waals surface area contributed by atoms with Crippen molar-refractivity contribution in [1.29, 1.82) is 0 Å². The van der Waals surface area contributed by atoms with Crippen molar-refractivity contribution in [3.8, 4) is 5.75 Å². The van der Waals surface area contributed by atoms with E-state index in [0.29, 0.717) is 6.04 Å². The number of benzene rings is 1. The molecule has 1 aromatic rings. The number of hydrazine groups is 1. The van der Waals surface area contributed by atoms with Gasteiger partial charge in [0.2, 0.25) is 0 Å². The topological polar surface area (TPSA) is 47.3 Å². The highest BCUT2D eigenvalue weighted by molar-refractivity contribution is 9.10. The smallest absolute Gasteiger partial charge is 0.122 e. The number of hydrogen-bond donors (Lipinski definition) is 2. The number of ether oxygens (including phenoxy) is 1. The fourth-order valence-corrected chi connectivity index (χ4v) is 3.00. The first-order valence-corrected chi connectivity index (χ1v) is 8.79. The monoisotopic (exact) mass is 356 g/mol. The minimum absolute atomic E-state index is 0.305. The van der Waals surface area contributed by atoms with Crippen molar-refractivity contribution in [2.24, 2.45) is 5.84 Å². The Kier molecular flexibility index (Phi) is 9.72. The number of hydrogen-bond acceptors (Lipinski definition) is 3. The van der Waals surface area contributed by atoms with Gasteiger partial charge in [0.15, 0.2) is 0 Å². The normalized spacial score (nSPS) is 12.4. The lowest BCUT2D eigenvalue weighted by Gasteiger charge is -2.18. The summed E-state index contributed by atoms with van der Waals surface area (Å²) >= 11 is 3.52. The second kappa shape index (κ2) is 11.0. The van der Waals surface area contributed by atoms with Crippen LogP contribution in [0.3, 0.4) is 0 Å². The molecular formula is C17H29BrN2O. The van der Waals surface area contributed by atoms with Crippen molar-refractivity contribution < 1.29 is 4.74 Å². The first-order chi connectivity index (χ1) is 10.2. The Morgan fingerprint density at radius 2 is 1.90 bits per heavy atom. The molecule has 3 N–H and O–H groups in total. The largest absolute Gasteiger partial charge is 0.496 e. The molecule has 1 rings (SSSR count). The number of rotatable bonds is 11. The Labute approximate surface area is 137 Å². The third-order valence-corrected chi connectivity index (χ3v) is 4.34. The molecule has 4 heteroatoms. The molecule has 0 aromatic heterocycles. The maximum atomic E-state index is 5.71. The highest BCUT2D eigenvalue weighted by Gasteiger charge is 2.11. The van der Waals surface area contributed by atoms with Crippen molar-refractivity contribution in [2.45, 2.75) is 64.3 Å². The molecule has 21 heavy (non-hydrogen) atoms. The van der Waals surface area contributed by atoms with Crippen LogP contribution in [0.15, 0.2) is 22.7 Å². The predicted octanol–water partition coefficient (Wildman–Crippen LogP) is 4.58. The minimum Gasteiger partial charge on any atom is -0.496 e. The first-order valence-electron chi connectivity index (χ1n) is 7.99. The van der Waals surface area contributed by atoms with Crippen LogP contribution in [0.25, 0.3) is 0 Å². The fourth-order valence-electron chi connectivity index (χ4n) is 2.59. The molecule has 0 fully saturated rings. The van der Waals surface area contributed by atoms with Crippen molar-refractivity contribution in [1.82, 2.24) is 5.43 Å². The van der Waals surface area contributed by atoms with E-state index in [9.17, 15) is 0 Å². The van der Waals surface area contributed by atoms with Gasteiger partial charge in [-0.05, 0) is 36.6 Å². The van der Waals surface area contributed by atoms with Gasteiger partial charge in [-0.25, -0.2) is 0 Å². The lowest BCUT2D eigenvalue weighted by molar-refractivity contribution is 0.400. The number of nitrogens with one attached hydrogen (secondary N) is 1. The zero-order valence-corrected chi connectivity index (χ0v) is 14.9. The number of methoxy groups -OCH3 is 1. The zero-order chi connectivity index (χ0) is 15.5. The van der Waals surface area contributed by atoms with Crippen molar-refractivity contribution >= 4 is 15.9 Å². The van der Waals surface area contributed by atoms with Gasteiger partial charge in [0.05, 0.1) is 7.11 Å². The van der Waals surface area contributed by atoms with Crippen LogP contribution in [-0.4, -0.2) is 13.2 Å². The van der Waals surface area contributed by atoms with Gasteiger partial charge in [-0.3, -0.25) is 11.3 Å². The lowest BCUT2D eigenvalue weighted by atomic mass is 9.99. The molecule has 0 radical (unpaired) electrons. The van der Waals surface area contributed by atoms with Gasteiger partial charge in [0.25, 0.3) is 0 Å². The summed E-state index contributed by atoms with van der Waals surface area (Å²) in [6.45, 7) is 2.25. The molecule has 0 aliphatic rings. The second-order valence-corrected chi connectivity index (χ2v) is 6.50. The van der Waals surface area contributed by atoms with E-state index in [2.05, 4.69) is 34.3 Å². The van der Waals surface area contributed by atoms with Gasteiger partial charge in [0, 0.05) is 10.5 Å². The van der Waals surface area contributed by atoms with E-state index in [0.717, 1.165) is 23.1 Å². The zero-order valence-electron chi connectivity index (χ0n) is 13.3.